The Morgan fingerprint density at radius 1 is 1.04 bits per heavy atom. The van der Waals surface area contributed by atoms with Crippen LogP contribution in [0.3, 0.4) is 0 Å². The average Bonchev–Trinajstić information content (AvgIpc) is 2.61. The molecule has 0 N–H and O–H groups in total. The number of anilines is 1. The van der Waals surface area contributed by atoms with Gasteiger partial charge < -0.3 is 9.64 Å². The van der Waals surface area contributed by atoms with Crippen molar-refractivity contribution in [2.24, 2.45) is 0 Å². The molecule has 0 unspecified atom stereocenters. The highest BCUT2D eigenvalue weighted by Crippen LogP contribution is 2.30. The Bertz CT molecular complexity index is 862. The Kier molecular flexibility index (Phi) is 5.22. The fourth-order valence-corrected chi connectivity index (χ4v) is 5.01. The van der Waals surface area contributed by atoms with Crippen molar-refractivity contribution >= 4 is 27.3 Å². The van der Waals surface area contributed by atoms with E-state index in [2.05, 4.69) is 4.90 Å². The van der Waals surface area contributed by atoms with Crippen LogP contribution in [-0.2, 0) is 10.0 Å². The standard InChI is InChI=1S/C18H21ClN2O3S/c1-14-7-8-18(15(19)13-14)25(22,23)21-11-9-20(10-12-21)16-5-3-4-6-17(16)24-2/h3-8,13H,9-12H2,1-2H3. The van der Waals surface area contributed by atoms with E-state index in [0.29, 0.717) is 26.2 Å². The van der Waals surface area contributed by atoms with Gasteiger partial charge in [0.2, 0.25) is 10.0 Å². The number of benzene rings is 2. The second-order valence-corrected chi connectivity index (χ2v) is 8.31. The maximum Gasteiger partial charge on any atom is 0.244 e. The monoisotopic (exact) mass is 380 g/mol. The van der Waals surface area contributed by atoms with E-state index in [-0.39, 0.29) is 9.92 Å². The number of piperazine rings is 1. The minimum atomic E-state index is -3.59. The first-order chi connectivity index (χ1) is 11.9. The van der Waals surface area contributed by atoms with Gasteiger partial charge in [-0.25, -0.2) is 8.42 Å². The molecule has 0 radical (unpaired) electrons. The molecule has 0 atom stereocenters. The molecule has 2 aromatic carbocycles. The maximum atomic E-state index is 12.9. The quantitative estimate of drug-likeness (QED) is 0.817. The van der Waals surface area contributed by atoms with Gasteiger partial charge in [-0.05, 0) is 36.8 Å². The normalized spacial score (nSPS) is 16.0. The smallest absolute Gasteiger partial charge is 0.244 e. The highest BCUT2D eigenvalue weighted by Gasteiger charge is 2.30. The van der Waals surface area contributed by atoms with Crippen molar-refractivity contribution in [3.8, 4) is 5.75 Å². The van der Waals surface area contributed by atoms with Gasteiger partial charge >= 0.3 is 0 Å². The lowest BCUT2D eigenvalue weighted by atomic mass is 10.2. The Morgan fingerprint density at radius 2 is 1.72 bits per heavy atom. The van der Waals surface area contributed by atoms with Gasteiger partial charge in [-0.1, -0.05) is 29.8 Å². The number of halogens is 1. The van der Waals surface area contributed by atoms with E-state index in [1.165, 1.54) is 4.31 Å². The lowest BCUT2D eigenvalue weighted by molar-refractivity contribution is 0.378. The van der Waals surface area contributed by atoms with Crippen LogP contribution in [0.4, 0.5) is 5.69 Å². The molecule has 25 heavy (non-hydrogen) atoms. The Balaban J connectivity index is 1.77. The second-order valence-electron chi connectivity index (χ2n) is 6.00. The molecule has 1 aliphatic heterocycles. The van der Waals surface area contributed by atoms with Gasteiger partial charge in [0.25, 0.3) is 0 Å². The molecule has 0 spiro atoms. The molecule has 0 bridgehead atoms. The van der Waals surface area contributed by atoms with Crippen LogP contribution in [-0.4, -0.2) is 46.0 Å². The topological polar surface area (TPSA) is 49.9 Å². The van der Waals surface area contributed by atoms with Gasteiger partial charge in [-0.2, -0.15) is 4.31 Å². The van der Waals surface area contributed by atoms with Gasteiger partial charge in [-0.15, -0.1) is 0 Å². The van der Waals surface area contributed by atoms with Crippen molar-refractivity contribution < 1.29 is 13.2 Å². The van der Waals surface area contributed by atoms with E-state index in [1.54, 1.807) is 25.3 Å². The second kappa shape index (κ2) is 7.23. The minimum Gasteiger partial charge on any atom is -0.495 e. The third-order valence-electron chi connectivity index (χ3n) is 4.37. The van der Waals surface area contributed by atoms with E-state index in [4.69, 9.17) is 16.3 Å². The molecule has 1 aliphatic rings. The van der Waals surface area contributed by atoms with Crippen LogP contribution in [0.5, 0.6) is 5.75 Å². The number of methoxy groups -OCH3 is 1. The first-order valence-corrected chi connectivity index (χ1v) is 9.89. The van der Waals surface area contributed by atoms with Gasteiger partial charge in [-0.3, -0.25) is 0 Å². The fraction of sp³-hybridized carbons (Fsp3) is 0.333. The summed E-state index contributed by atoms with van der Waals surface area (Å²) in [6.07, 6.45) is 0. The average molecular weight is 381 g/mol. The molecule has 5 nitrogen and oxygen atoms in total. The third kappa shape index (κ3) is 3.61. The highest BCUT2D eigenvalue weighted by atomic mass is 35.5. The summed E-state index contributed by atoms with van der Waals surface area (Å²) < 4.78 is 32.7. The Labute approximate surface area is 153 Å². The van der Waals surface area contributed by atoms with Crippen molar-refractivity contribution in [1.82, 2.24) is 4.31 Å². The summed E-state index contributed by atoms with van der Waals surface area (Å²) in [6.45, 7) is 3.90. The fourth-order valence-electron chi connectivity index (χ4n) is 3.01. The minimum absolute atomic E-state index is 0.172. The Morgan fingerprint density at radius 3 is 2.36 bits per heavy atom. The molecule has 1 heterocycles. The summed E-state index contributed by atoms with van der Waals surface area (Å²) in [7, 11) is -1.95. The third-order valence-corrected chi connectivity index (χ3v) is 6.75. The van der Waals surface area contributed by atoms with Crippen LogP contribution < -0.4 is 9.64 Å². The van der Waals surface area contributed by atoms with Gasteiger partial charge in [0, 0.05) is 26.2 Å². The number of hydrogen-bond donors (Lipinski definition) is 0. The predicted molar refractivity (Wildman–Crippen MR) is 100 cm³/mol. The van der Waals surface area contributed by atoms with E-state index in [9.17, 15) is 8.42 Å². The van der Waals surface area contributed by atoms with Gasteiger partial charge in [0.1, 0.15) is 10.6 Å². The first-order valence-electron chi connectivity index (χ1n) is 8.08. The van der Waals surface area contributed by atoms with Crippen LogP contribution in [0, 0.1) is 6.92 Å². The van der Waals surface area contributed by atoms with Crippen molar-refractivity contribution in [3.05, 3.63) is 53.1 Å². The zero-order chi connectivity index (χ0) is 18.0. The number of rotatable bonds is 4. The van der Waals surface area contributed by atoms with Crippen LogP contribution >= 0.6 is 11.6 Å². The highest BCUT2D eigenvalue weighted by molar-refractivity contribution is 7.89. The number of para-hydroxylation sites is 2. The predicted octanol–water partition coefficient (Wildman–Crippen LogP) is 3.17. The molecule has 1 fully saturated rings. The van der Waals surface area contributed by atoms with Crippen LogP contribution in [0.15, 0.2) is 47.4 Å². The summed E-state index contributed by atoms with van der Waals surface area (Å²) in [5.41, 5.74) is 1.92. The van der Waals surface area contributed by atoms with Crippen LogP contribution in [0.25, 0.3) is 0 Å². The largest absolute Gasteiger partial charge is 0.495 e. The molecule has 0 aliphatic carbocycles. The summed E-state index contributed by atoms with van der Waals surface area (Å²) in [6, 6.07) is 12.8. The van der Waals surface area contributed by atoms with Crippen molar-refractivity contribution in [2.45, 2.75) is 11.8 Å². The summed E-state index contributed by atoms with van der Waals surface area (Å²) in [5, 5.41) is 0.271. The maximum absolute atomic E-state index is 12.9. The number of hydrogen-bond acceptors (Lipinski definition) is 4. The molecule has 1 saturated heterocycles. The molecule has 3 rings (SSSR count). The number of sulfonamides is 1. The Hall–Kier alpha value is -1.76. The summed E-state index contributed by atoms with van der Waals surface area (Å²) in [5.74, 6) is 0.792. The molecule has 0 saturated carbocycles. The molecule has 7 heteroatoms. The SMILES string of the molecule is COc1ccccc1N1CCN(S(=O)(=O)c2ccc(C)cc2Cl)CC1. The molecule has 0 aromatic heterocycles. The van der Waals surface area contributed by atoms with E-state index < -0.39 is 10.0 Å². The molecular weight excluding hydrogens is 360 g/mol. The zero-order valence-electron chi connectivity index (χ0n) is 14.3. The van der Waals surface area contributed by atoms with Crippen molar-refractivity contribution in [1.29, 1.82) is 0 Å². The molecule has 2 aromatic rings. The lowest BCUT2D eigenvalue weighted by Crippen LogP contribution is -2.48. The summed E-state index contributed by atoms with van der Waals surface area (Å²) >= 11 is 6.16. The number of nitrogens with zero attached hydrogens (tertiary/aromatic N) is 2. The van der Waals surface area contributed by atoms with Crippen LogP contribution in [0.2, 0.25) is 5.02 Å². The number of ether oxygens (including phenoxy) is 1. The first kappa shape index (κ1) is 18.0. The van der Waals surface area contributed by atoms with E-state index in [1.807, 2.05) is 31.2 Å². The van der Waals surface area contributed by atoms with Crippen molar-refractivity contribution in [3.63, 3.8) is 0 Å². The van der Waals surface area contributed by atoms with Gasteiger partial charge in [0.15, 0.2) is 0 Å². The summed E-state index contributed by atoms with van der Waals surface area (Å²) in [4.78, 5) is 2.31. The molecule has 134 valence electrons. The number of aryl methyl sites for hydroxylation is 1. The zero-order valence-corrected chi connectivity index (χ0v) is 15.8. The van der Waals surface area contributed by atoms with Gasteiger partial charge in [0.05, 0.1) is 17.8 Å². The van der Waals surface area contributed by atoms with Crippen LogP contribution in [0.1, 0.15) is 5.56 Å². The van der Waals surface area contributed by atoms with Crippen molar-refractivity contribution in [2.75, 3.05) is 38.2 Å². The molecular formula is C18H21ClN2O3S. The van der Waals surface area contributed by atoms with E-state index in [0.717, 1.165) is 17.0 Å². The lowest BCUT2D eigenvalue weighted by Gasteiger charge is -2.36. The molecule has 0 amide bonds. The van der Waals surface area contributed by atoms with E-state index >= 15 is 0 Å².